The average Bonchev–Trinajstić information content (AvgIpc) is 2.82. The van der Waals surface area contributed by atoms with Gasteiger partial charge in [0.2, 0.25) is 0 Å². The van der Waals surface area contributed by atoms with Crippen LogP contribution in [0.25, 0.3) is 0 Å². The maximum atomic E-state index is 12.6. The minimum absolute atomic E-state index is 0.275. The summed E-state index contributed by atoms with van der Waals surface area (Å²) >= 11 is 0. The molecule has 0 aliphatic rings. The quantitative estimate of drug-likeness (QED) is 0.211. The maximum absolute atomic E-state index is 12.6. The van der Waals surface area contributed by atoms with Crippen LogP contribution >= 0.6 is 0 Å². The van der Waals surface area contributed by atoms with Gasteiger partial charge in [-0.2, -0.15) is 0 Å². The van der Waals surface area contributed by atoms with E-state index in [0.29, 0.717) is 11.1 Å². The summed E-state index contributed by atoms with van der Waals surface area (Å²) in [5.74, 6) is -0.824. The highest BCUT2D eigenvalue weighted by Gasteiger charge is 2.15. The fourth-order valence-electron chi connectivity index (χ4n) is 3.25. The standard InChI is InChI=1S/C26H44N2O4/c1-5-9-16-27(17-10-6-2)21-31-25(29)23-14-13-15-24(20-23)26(30)32-22-28(18-11-7-3)19-12-8-4/h13-15,20H,5-12,16-19,21-22H2,1-4H3. The number of carbonyl (C=O) groups excluding carboxylic acids is 2. The summed E-state index contributed by atoms with van der Waals surface area (Å²) < 4.78 is 11.1. The smallest absolute Gasteiger partial charge is 0.339 e. The van der Waals surface area contributed by atoms with E-state index in [2.05, 4.69) is 37.5 Å². The second kappa shape index (κ2) is 17.6. The Hall–Kier alpha value is -1.92. The summed E-state index contributed by atoms with van der Waals surface area (Å²) in [4.78, 5) is 29.5. The summed E-state index contributed by atoms with van der Waals surface area (Å²) in [7, 11) is 0. The van der Waals surface area contributed by atoms with Crippen LogP contribution in [0.5, 0.6) is 0 Å². The van der Waals surface area contributed by atoms with Crippen LogP contribution in [0.1, 0.15) is 99.8 Å². The third kappa shape index (κ3) is 11.6. The third-order valence-electron chi connectivity index (χ3n) is 5.40. The minimum Gasteiger partial charge on any atom is -0.446 e. The minimum atomic E-state index is -0.412. The molecule has 0 fully saturated rings. The Morgan fingerprint density at radius 3 is 1.31 bits per heavy atom. The van der Waals surface area contributed by atoms with Crippen LogP contribution in [-0.2, 0) is 9.47 Å². The van der Waals surface area contributed by atoms with Gasteiger partial charge in [-0.05, 0) is 43.9 Å². The average molecular weight is 449 g/mol. The van der Waals surface area contributed by atoms with Gasteiger partial charge in [-0.1, -0.05) is 59.4 Å². The Morgan fingerprint density at radius 1 is 0.656 bits per heavy atom. The number of ether oxygens (including phenoxy) is 2. The normalized spacial score (nSPS) is 11.2. The monoisotopic (exact) mass is 448 g/mol. The molecule has 0 amide bonds. The maximum Gasteiger partial charge on any atom is 0.339 e. The number of carbonyl (C=O) groups is 2. The molecular formula is C26H44N2O4. The van der Waals surface area contributed by atoms with Crippen LogP contribution in [0.15, 0.2) is 24.3 Å². The molecule has 182 valence electrons. The Kier molecular flexibility index (Phi) is 15.5. The zero-order valence-corrected chi connectivity index (χ0v) is 20.7. The molecule has 0 unspecified atom stereocenters. The molecular weight excluding hydrogens is 404 g/mol. The molecule has 1 aromatic carbocycles. The van der Waals surface area contributed by atoms with Gasteiger partial charge in [-0.3, -0.25) is 9.80 Å². The summed E-state index contributed by atoms with van der Waals surface area (Å²) in [5.41, 5.74) is 0.749. The van der Waals surface area contributed by atoms with E-state index in [1.165, 1.54) is 0 Å². The molecule has 0 aliphatic heterocycles. The highest BCUT2D eigenvalue weighted by Crippen LogP contribution is 2.10. The first-order chi connectivity index (χ1) is 15.5. The van der Waals surface area contributed by atoms with Gasteiger partial charge in [0, 0.05) is 26.2 Å². The van der Waals surface area contributed by atoms with Gasteiger partial charge >= 0.3 is 11.9 Å². The van der Waals surface area contributed by atoms with Crippen molar-refractivity contribution in [1.82, 2.24) is 9.80 Å². The zero-order valence-electron chi connectivity index (χ0n) is 20.7. The highest BCUT2D eigenvalue weighted by atomic mass is 16.5. The summed E-state index contributed by atoms with van der Waals surface area (Å²) in [5, 5.41) is 0. The molecule has 6 nitrogen and oxygen atoms in total. The number of nitrogens with zero attached hydrogens (tertiary/aromatic N) is 2. The zero-order chi connectivity index (χ0) is 23.6. The molecule has 1 aromatic rings. The van der Waals surface area contributed by atoms with Crippen LogP contribution < -0.4 is 0 Å². The lowest BCUT2D eigenvalue weighted by Gasteiger charge is -2.22. The Balaban J connectivity index is 2.63. The van der Waals surface area contributed by atoms with Crippen LogP contribution in [0.4, 0.5) is 0 Å². The fraction of sp³-hybridized carbons (Fsp3) is 0.692. The molecule has 0 spiro atoms. The van der Waals surface area contributed by atoms with Gasteiger partial charge in [0.15, 0.2) is 0 Å². The van der Waals surface area contributed by atoms with Crippen molar-refractivity contribution < 1.29 is 19.1 Å². The first-order valence-corrected chi connectivity index (χ1v) is 12.4. The fourth-order valence-corrected chi connectivity index (χ4v) is 3.25. The predicted octanol–water partition coefficient (Wildman–Crippen LogP) is 5.72. The van der Waals surface area contributed by atoms with Crippen molar-refractivity contribution in [3.8, 4) is 0 Å². The van der Waals surface area contributed by atoms with Gasteiger partial charge in [0.25, 0.3) is 0 Å². The summed E-state index contributed by atoms with van der Waals surface area (Å²) in [6.45, 7) is 12.8. The molecule has 0 N–H and O–H groups in total. The van der Waals surface area contributed by atoms with Crippen molar-refractivity contribution in [2.45, 2.75) is 79.1 Å². The topological polar surface area (TPSA) is 59.1 Å². The van der Waals surface area contributed by atoms with E-state index in [1.54, 1.807) is 24.3 Å². The SMILES string of the molecule is CCCCN(CCCC)COC(=O)c1cccc(C(=O)OCN(CCCC)CCCC)c1. The molecule has 0 radical (unpaired) electrons. The summed E-state index contributed by atoms with van der Waals surface area (Å²) in [6.07, 6.45) is 8.74. The third-order valence-corrected chi connectivity index (χ3v) is 5.40. The van der Waals surface area contributed by atoms with Crippen LogP contribution in [0.3, 0.4) is 0 Å². The number of hydrogen-bond acceptors (Lipinski definition) is 6. The van der Waals surface area contributed by atoms with E-state index >= 15 is 0 Å². The molecule has 0 aromatic heterocycles. The van der Waals surface area contributed by atoms with Crippen LogP contribution in [0.2, 0.25) is 0 Å². The van der Waals surface area contributed by atoms with Crippen LogP contribution in [-0.4, -0.2) is 61.4 Å². The Labute approximate surface area is 195 Å². The Morgan fingerprint density at radius 2 is 1.00 bits per heavy atom. The van der Waals surface area contributed by atoms with Crippen molar-refractivity contribution in [3.63, 3.8) is 0 Å². The highest BCUT2D eigenvalue weighted by molar-refractivity contribution is 5.95. The van der Waals surface area contributed by atoms with E-state index in [-0.39, 0.29) is 13.5 Å². The second-order valence-electron chi connectivity index (χ2n) is 8.35. The first-order valence-electron chi connectivity index (χ1n) is 12.4. The van der Waals surface area contributed by atoms with E-state index in [1.807, 2.05) is 0 Å². The first kappa shape index (κ1) is 28.1. The van der Waals surface area contributed by atoms with Crippen LogP contribution in [0, 0.1) is 0 Å². The lowest BCUT2D eigenvalue weighted by atomic mass is 10.1. The predicted molar refractivity (Wildman–Crippen MR) is 130 cm³/mol. The van der Waals surface area contributed by atoms with E-state index in [4.69, 9.17) is 9.47 Å². The largest absolute Gasteiger partial charge is 0.446 e. The molecule has 0 aliphatic carbocycles. The van der Waals surface area contributed by atoms with Gasteiger partial charge in [-0.25, -0.2) is 9.59 Å². The number of rotatable bonds is 18. The van der Waals surface area contributed by atoms with Gasteiger partial charge in [0.1, 0.15) is 13.5 Å². The van der Waals surface area contributed by atoms with Crippen molar-refractivity contribution >= 4 is 11.9 Å². The molecule has 1 rings (SSSR count). The summed E-state index contributed by atoms with van der Waals surface area (Å²) in [6, 6.07) is 6.62. The lowest BCUT2D eigenvalue weighted by molar-refractivity contribution is 0.0207. The molecule has 0 saturated carbocycles. The van der Waals surface area contributed by atoms with Gasteiger partial charge in [0.05, 0.1) is 11.1 Å². The van der Waals surface area contributed by atoms with Crippen molar-refractivity contribution in [3.05, 3.63) is 35.4 Å². The van der Waals surface area contributed by atoms with E-state index in [0.717, 1.165) is 77.5 Å². The van der Waals surface area contributed by atoms with E-state index in [9.17, 15) is 9.59 Å². The number of unbranched alkanes of at least 4 members (excludes halogenated alkanes) is 4. The number of esters is 2. The van der Waals surface area contributed by atoms with E-state index < -0.39 is 11.9 Å². The Bertz CT molecular complexity index is 583. The van der Waals surface area contributed by atoms with Gasteiger partial charge in [-0.15, -0.1) is 0 Å². The molecule has 0 heterocycles. The van der Waals surface area contributed by atoms with Gasteiger partial charge < -0.3 is 9.47 Å². The van der Waals surface area contributed by atoms with Crippen molar-refractivity contribution in [1.29, 1.82) is 0 Å². The second-order valence-corrected chi connectivity index (χ2v) is 8.35. The molecule has 32 heavy (non-hydrogen) atoms. The molecule has 0 bridgehead atoms. The van der Waals surface area contributed by atoms with Crippen molar-refractivity contribution in [2.24, 2.45) is 0 Å². The number of hydrogen-bond donors (Lipinski definition) is 0. The lowest BCUT2D eigenvalue weighted by Crippen LogP contribution is -2.30. The molecule has 0 atom stereocenters. The molecule has 6 heteroatoms. The number of benzene rings is 1. The van der Waals surface area contributed by atoms with Crippen molar-refractivity contribution in [2.75, 3.05) is 39.6 Å². The molecule has 0 saturated heterocycles.